The van der Waals surface area contributed by atoms with Gasteiger partial charge in [0.25, 0.3) is 0 Å². The number of hydrogen-bond acceptors (Lipinski definition) is 4. The summed E-state index contributed by atoms with van der Waals surface area (Å²) in [4.78, 5) is 3.81. The van der Waals surface area contributed by atoms with E-state index in [1.54, 1.807) is 13.3 Å². The molecule has 1 heterocycles. The topological polar surface area (TPSA) is 43.4 Å². The molecule has 1 aromatic carbocycles. The summed E-state index contributed by atoms with van der Waals surface area (Å²) in [5, 5.41) is 3.17. The molecule has 0 fully saturated rings. The summed E-state index contributed by atoms with van der Waals surface area (Å²) in [6.07, 6.45) is 2.76. The van der Waals surface area contributed by atoms with Gasteiger partial charge in [-0.3, -0.25) is 4.98 Å². The van der Waals surface area contributed by atoms with Crippen molar-refractivity contribution in [1.29, 1.82) is 0 Å². The highest BCUT2D eigenvalue weighted by Gasteiger charge is 2.12. The molecule has 0 saturated carbocycles. The summed E-state index contributed by atoms with van der Waals surface area (Å²) in [6, 6.07) is 7.22. The Kier molecular flexibility index (Phi) is 5.11. The highest BCUT2D eigenvalue weighted by molar-refractivity contribution is 5.42. The van der Waals surface area contributed by atoms with E-state index in [0.29, 0.717) is 11.3 Å². The van der Waals surface area contributed by atoms with Crippen molar-refractivity contribution >= 4 is 0 Å². The third-order valence-electron chi connectivity index (χ3n) is 3.28. The van der Waals surface area contributed by atoms with Crippen LogP contribution in [0.3, 0.4) is 0 Å². The number of nitrogens with zero attached hydrogens (tertiary/aromatic N) is 1. The predicted octanol–water partition coefficient (Wildman–Crippen LogP) is 3.09. The van der Waals surface area contributed by atoms with Crippen molar-refractivity contribution in [2.75, 3.05) is 14.2 Å². The Bertz CT molecular complexity index is 605. The van der Waals surface area contributed by atoms with Crippen LogP contribution in [0.15, 0.2) is 36.7 Å². The van der Waals surface area contributed by atoms with Crippen molar-refractivity contribution in [3.63, 3.8) is 0 Å². The van der Waals surface area contributed by atoms with Crippen molar-refractivity contribution in [2.45, 2.75) is 19.6 Å². The molecule has 0 bridgehead atoms. The highest BCUT2D eigenvalue weighted by Crippen LogP contribution is 2.30. The lowest BCUT2D eigenvalue weighted by atomic mass is 10.1. The summed E-state index contributed by atoms with van der Waals surface area (Å²) in [7, 11) is 3.49. The van der Waals surface area contributed by atoms with Gasteiger partial charge in [0.2, 0.25) is 0 Å². The van der Waals surface area contributed by atoms with Crippen LogP contribution in [0.5, 0.6) is 11.5 Å². The van der Waals surface area contributed by atoms with Crippen molar-refractivity contribution < 1.29 is 13.9 Å². The molecule has 5 heteroatoms. The van der Waals surface area contributed by atoms with Gasteiger partial charge in [0.05, 0.1) is 13.3 Å². The summed E-state index contributed by atoms with van der Waals surface area (Å²) in [5.74, 6) is 1.06. The smallest absolute Gasteiger partial charge is 0.141 e. The van der Waals surface area contributed by atoms with E-state index in [1.165, 1.54) is 12.3 Å². The zero-order chi connectivity index (χ0) is 15.2. The second-order valence-corrected chi connectivity index (χ2v) is 4.71. The first-order chi connectivity index (χ1) is 10.1. The predicted molar refractivity (Wildman–Crippen MR) is 79.0 cm³/mol. The Morgan fingerprint density at radius 1 is 1.29 bits per heavy atom. The van der Waals surface area contributed by atoms with Crippen LogP contribution in [-0.4, -0.2) is 19.1 Å². The molecular weight excluding hydrogens is 271 g/mol. The number of rotatable bonds is 6. The molecule has 2 rings (SSSR count). The van der Waals surface area contributed by atoms with Gasteiger partial charge in [-0.15, -0.1) is 0 Å². The van der Waals surface area contributed by atoms with E-state index in [0.717, 1.165) is 11.3 Å². The van der Waals surface area contributed by atoms with Crippen LogP contribution in [-0.2, 0) is 6.61 Å². The van der Waals surface area contributed by atoms with Crippen LogP contribution in [0.4, 0.5) is 4.39 Å². The normalized spacial score (nSPS) is 12.0. The zero-order valence-corrected chi connectivity index (χ0v) is 12.4. The number of benzene rings is 1. The minimum absolute atomic E-state index is 0.136. The van der Waals surface area contributed by atoms with Crippen LogP contribution < -0.4 is 14.8 Å². The monoisotopic (exact) mass is 290 g/mol. The molecule has 1 atom stereocenters. The molecule has 112 valence electrons. The molecule has 4 nitrogen and oxygen atoms in total. The van der Waals surface area contributed by atoms with Gasteiger partial charge < -0.3 is 14.8 Å². The van der Waals surface area contributed by atoms with Crippen molar-refractivity contribution in [3.8, 4) is 11.5 Å². The minimum atomic E-state index is -0.370. The van der Waals surface area contributed by atoms with E-state index in [4.69, 9.17) is 9.47 Å². The van der Waals surface area contributed by atoms with Crippen LogP contribution in [0.1, 0.15) is 24.1 Å². The average molecular weight is 290 g/mol. The quantitative estimate of drug-likeness (QED) is 0.888. The standard InChI is InChI=1S/C16H19FN2O2/c1-11(18-2)15-5-4-14(20-3)7-16(15)21-10-12-6-13(17)9-19-8-12/h4-9,11,18H,10H2,1-3H3. The zero-order valence-electron chi connectivity index (χ0n) is 12.4. The van der Waals surface area contributed by atoms with Gasteiger partial charge in [-0.2, -0.15) is 0 Å². The van der Waals surface area contributed by atoms with Crippen molar-refractivity contribution in [3.05, 3.63) is 53.6 Å². The minimum Gasteiger partial charge on any atom is -0.497 e. The van der Waals surface area contributed by atoms with E-state index in [1.807, 2.05) is 32.2 Å². The molecule has 21 heavy (non-hydrogen) atoms. The number of aromatic nitrogens is 1. The summed E-state index contributed by atoms with van der Waals surface area (Å²) >= 11 is 0. The van der Waals surface area contributed by atoms with E-state index in [2.05, 4.69) is 10.3 Å². The lowest BCUT2D eigenvalue weighted by molar-refractivity contribution is 0.296. The molecule has 0 saturated heterocycles. The maximum Gasteiger partial charge on any atom is 0.141 e. The van der Waals surface area contributed by atoms with E-state index < -0.39 is 0 Å². The van der Waals surface area contributed by atoms with Crippen LogP contribution in [0, 0.1) is 5.82 Å². The van der Waals surface area contributed by atoms with Gasteiger partial charge in [-0.1, -0.05) is 6.07 Å². The molecule has 0 amide bonds. The van der Waals surface area contributed by atoms with Crippen LogP contribution >= 0.6 is 0 Å². The first-order valence-corrected chi connectivity index (χ1v) is 6.71. The summed E-state index contributed by atoms with van der Waals surface area (Å²) in [6.45, 7) is 2.29. The van der Waals surface area contributed by atoms with E-state index in [-0.39, 0.29) is 18.5 Å². The molecule has 0 radical (unpaired) electrons. The lowest BCUT2D eigenvalue weighted by Gasteiger charge is -2.17. The fourth-order valence-corrected chi connectivity index (χ4v) is 1.98. The molecule has 0 spiro atoms. The first-order valence-electron chi connectivity index (χ1n) is 6.71. The number of pyridine rings is 1. The van der Waals surface area contributed by atoms with E-state index >= 15 is 0 Å². The first kappa shape index (κ1) is 15.3. The maximum absolute atomic E-state index is 13.1. The maximum atomic E-state index is 13.1. The average Bonchev–Trinajstić information content (AvgIpc) is 2.52. The molecule has 0 aliphatic carbocycles. The van der Waals surface area contributed by atoms with E-state index in [9.17, 15) is 4.39 Å². The molecular formula is C16H19FN2O2. The third-order valence-corrected chi connectivity index (χ3v) is 3.28. The Hall–Kier alpha value is -2.14. The number of ether oxygens (including phenoxy) is 2. The Balaban J connectivity index is 2.20. The molecule has 1 N–H and O–H groups in total. The van der Waals surface area contributed by atoms with Gasteiger partial charge in [0, 0.05) is 29.4 Å². The molecule has 0 aliphatic heterocycles. The second kappa shape index (κ2) is 7.04. The number of nitrogens with one attached hydrogen (secondary N) is 1. The Morgan fingerprint density at radius 3 is 2.76 bits per heavy atom. The molecule has 2 aromatic rings. The highest BCUT2D eigenvalue weighted by atomic mass is 19.1. The van der Waals surface area contributed by atoms with Gasteiger partial charge in [-0.05, 0) is 26.1 Å². The fraction of sp³-hybridized carbons (Fsp3) is 0.312. The van der Waals surface area contributed by atoms with Gasteiger partial charge in [-0.25, -0.2) is 4.39 Å². The Morgan fingerprint density at radius 2 is 2.10 bits per heavy atom. The number of hydrogen-bond donors (Lipinski definition) is 1. The van der Waals surface area contributed by atoms with Gasteiger partial charge >= 0.3 is 0 Å². The summed E-state index contributed by atoms with van der Waals surface area (Å²) in [5.41, 5.74) is 1.70. The van der Waals surface area contributed by atoms with Gasteiger partial charge in [0.1, 0.15) is 23.9 Å². The number of methoxy groups -OCH3 is 1. The van der Waals surface area contributed by atoms with Crippen molar-refractivity contribution in [2.24, 2.45) is 0 Å². The fourth-order valence-electron chi connectivity index (χ4n) is 1.98. The molecule has 0 aliphatic rings. The lowest BCUT2D eigenvalue weighted by Crippen LogP contribution is -2.14. The van der Waals surface area contributed by atoms with Crippen LogP contribution in [0.2, 0.25) is 0 Å². The molecule has 1 aromatic heterocycles. The Labute approximate surface area is 123 Å². The van der Waals surface area contributed by atoms with Gasteiger partial charge in [0.15, 0.2) is 0 Å². The second-order valence-electron chi connectivity index (χ2n) is 4.71. The summed E-state index contributed by atoms with van der Waals surface area (Å²) < 4.78 is 24.2. The molecule has 1 unspecified atom stereocenters. The number of halogens is 1. The third kappa shape index (κ3) is 3.92. The van der Waals surface area contributed by atoms with Crippen LogP contribution in [0.25, 0.3) is 0 Å². The van der Waals surface area contributed by atoms with Crippen molar-refractivity contribution in [1.82, 2.24) is 10.3 Å². The largest absolute Gasteiger partial charge is 0.497 e. The SMILES string of the molecule is CNC(C)c1ccc(OC)cc1OCc1cncc(F)c1.